The van der Waals surface area contributed by atoms with E-state index in [1.54, 1.807) is 23.1 Å². The number of nitrogens with one attached hydrogen (secondary N) is 1. The maximum atomic E-state index is 13.3. The molecule has 3 heterocycles. The molecule has 0 saturated carbocycles. The van der Waals surface area contributed by atoms with Crippen LogP contribution in [0.4, 0.5) is 0 Å². The zero-order valence-corrected chi connectivity index (χ0v) is 16.1. The number of sulfonamides is 1. The minimum absolute atomic E-state index is 0.144. The fraction of sp³-hybridized carbons (Fsp3) is 0.722. The first-order valence-electron chi connectivity index (χ1n) is 9.41. The van der Waals surface area contributed by atoms with E-state index in [1.165, 1.54) is 0 Å². The molecule has 0 radical (unpaired) electrons. The van der Waals surface area contributed by atoms with Gasteiger partial charge in [0.1, 0.15) is 4.90 Å². The molecule has 0 spiro atoms. The molecule has 1 amide bonds. The van der Waals surface area contributed by atoms with Crippen LogP contribution in [0.2, 0.25) is 0 Å². The van der Waals surface area contributed by atoms with E-state index in [4.69, 9.17) is 0 Å². The first-order valence-corrected chi connectivity index (χ1v) is 10.9. The second-order valence-electron chi connectivity index (χ2n) is 7.25. The number of rotatable bonds is 3. The van der Waals surface area contributed by atoms with E-state index < -0.39 is 10.0 Å². The summed E-state index contributed by atoms with van der Waals surface area (Å²) >= 11 is 0. The first kappa shape index (κ1) is 18.5. The van der Waals surface area contributed by atoms with E-state index in [2.05, 4.69) is 4.98 Å². The Bertz CT molecular complexity index is 725. The molecule has 0 unspecified atom stereocenters. The second kappa shape index (κ2) is 7.50. The highest BCUT2D eigenvalue weighted by atomic mass is 32.2. The van der Waals surface area contributed by atoms with Gasteiger partial charge in [-0.1, -0.05) is 12.8 Å². The Morgan fingerprint density at radius 1 is 0.840 bits per heavy atom. The van der Waals surface area contributed by atoms with Crippen LogP contribution in [0.25, 0.3) is 0 Å². The van der Waals surface area contributed by atoms with Crippen molar-refractivity contribution in [2.24, 2.45) is 0 Å². The molecule has 3 rings (SSSR count). The largest absolute Gasteiger partial charge is 0.361 e. The van der Waals surface area contributed by atoms with Crippen molar-refractivity contribution in [1.29, 1.82) is 0 Å². The number of hydrogen-bond acceptors (Lipinski definition) is 3. The van der Waals surface area contributed by atoms with Crippen LogP contribution in [-0.2, 0) is 10.0 Å². The van der Waals surface area contributed by atoms with Gasteiger partial charge in [0.2, 0.25) is 10.0 Å². The molecule has 1 aromatic rings. The normalized spacial score (nSPS) is 20.5. The Morgan fingerprint density at radius 3 is 1.96 bits per heavy atom. The summed E-state index contributed by atoms with van der Waals surface area (Å²) in [6, 6.07) is 0. The molecule has 2 aliphatic heterocycles. The molecule has 7 heteroatoms. The molecule has 140 valence electrons. The molecule has 2 aliphatic rings. The number of aromatic amines is 1. The Hall–Kier alpha value is -1.34. The van der Waals surface area contributed by atoms with Crippen LogP contribution < -0.4 is 0 Å². The quantitative estimate of drug-likeness (QED) is 0.893. The molecule has 6 nitrogen and oxygen atoms in total. The number of piperidine rings is 1. The number of carbonyl (C=O) groups excluding carboxylic acids is 1. The lowest BCUT2D eigenvalue weighted by atomic mass is 10.1. The summed E-state index contributed by atoms with van der Waals surface area (Å²) in [6.07, 6.45) is 7.01. The zero-order valence-electron chi connectivity index (χ0n) is 15.3. The molecular formula is C18H29N3O3S. The molecule has 0 aromatic carbocycles. The lowest BCUT2D eigenvalue weighted by Crippen LogP contribution is -2.38. The summed E-state index contributed by atoms with van der Waals surface area (Å²) in [6.45, 7) is 6.07. The third-order valence-electron chi connectivity index (χ3n) is 5.34. The number of aromatic nitrogens is 1. The first-order chi connectivity index (χ1) is 11.9. The maximum absolute atomic E-state index is 13.3. The minimum Gasteiger partial charge on any atom is -0.361 e. The number of amides is 1. The number of carbonyl (C=O) groups is 1. The van der Waals surface area contributed by atoms with Crippen molar-refractivity contribution in [2.45, 2.75) is 63.7 Å². The highest BCUT2D eigenvalue weighted by molar-refractivity contribution is 7.89. The highest BCUT2D eigenvalue weighted by Crippen LogP contribution is 2.30. The van der Waals surface area contributed by atoms with Gasteiger partial charge in [-0.2, -0.15) is 4.31 Å². The molecule has 1 N–H and O–H groups in total. The van der Waals surface area contributed by atoms with Crippen LogP contribution in [0.3, 0.4) is 0 Å². The van der Waals surface area contributed by atoms with E-state index >= 15 is 0 Å². The number of hydrogen-bond donors (Lipinski definition) is 1. The smallest absolute Gasteiger partial charge is 0.257 e. The van der Waals surface area contributed by atoms with Crippen molar-refractivity contribution in [2.75, 3.05) is 26.2 Å². The van der Waals surface area contributed by atoms with Crippen molar-refractivity contribution < 1.29 is 13.2 Å². The summed E-state index contributed by atoms with van der Waals surface area (Å²) in [5.41, 5.74) is 1.58. The standard InChI is InChI=1S/C18H29N3O3S/c1-14-16(18(22)20-10-6-5-7-11-20)17(15(2)19-14)25(23,24)21-12-8-3-4-9-13-21/h19H,3-13H2,1-2H3. The van der Waals surface area contributed by atoms with E-state index in [0.29, 0.717) is 43.1 Å². The van der Waals surface area contributed by atoms with Gasteiger partial charge in [-0.25, -0.2) is 8.42 Å². The Morgan fingerprint density at radius 2 is 1.36 bits per heavy atom. The summed E-state index contributed by atoms with van der Waals surface area (Å²) in [5.74, 6) is -0.144. The van der Waals surface area contributed by atoms with Crippen LogP contribution >= 0.6 is 0 Å². The SMILES string of the molecule is Cc1[nH]c(C)c(S(=O)(=O)N2CCCCCC2)c1C(=O)N1CCCCC1. The second-order valence-corrected chi connectivity index (χ2v) is 9.13. The van der Waals surface area contributed by atoms with Crippen LogP contribution in [0, 0.1) is 13.8 Å². The third kappa shape index (κ3) is 3.62. The molecule has 2 fully saturated rings. The van der Waals surface area contributed by atoms with Crippen molar-refractivity contribution in [3.05, 3.63) is 17.0 Å². The van der Waals surface area contributed by atoms with Crippen LogP contribution in [0.1, 0.15) is 66.7 Å². The lowest BCUT2D eigenvalue weighted by molar-refractivity contribution is 0.0720. The molecule has 1 aromatic heterocycles. The van der Waals surface area contributed by atoms with Gasteiger partial charge in [-0.15, -0.1) is 0 Å². The number of nitrogens with zero attached hydrogens (tertiary/aromatic N) is 2. The van der Waals surface area contributed by atoms with Gasteiger partial charge in [-0.3, -0.25) is 4.79 Å². The summed E-state index contributed by atoms with van der Waals surface area (Å²) in [7, 11) is -3.65. The van der Waals surface area contributed by atoms with E-state index in [0.717, 1.165) is 44.9 Å². The van der Waals surface area contributed by atoms with Crippen molar-refractivity contribution in [3.8, 4) is 0 Å². The van der Waals surface area contributed by atoms with E-state index in [9.17, 15) is 13.2 Å². The number of H-pyrrole nitrogens is 1. The fourth-order valence-electron chi connectivity index (χ4n) is 4.00. The zero-order chi connectivity index (χ0) is 18.0. The predicted molar refractivity (Wildman–Crippen MR) is 97.2 cm³/mol. The summed E-state index contributed by atoms with van der Waals surface area (Å²) in [5, 5.41) is 0. The number of likely N-dealkylation sites (tertiary alicyclic amines) is 1. The Balaban J connectivity index is 1.99. The van der Waals surface area contributed by atoms with Gasteiger partial charge in [-0.05, 0) is 46.0 Å². The van der Waals surface area contributed by atoms with Gasteiger partial charge in [0.25, 0.3) is 5.91 Å². The molecule has 2 saturated heterocycles. The van der Waals surface area contributed by atoms with Gasteiger partial charge < -0.3 is 9.88 Å². The van der Waals surface area contributed by atoms with Gasteiger partial charge in [0.15, 0.2) is 0 Å². The minimum atomic E-state index is -3.65. The molecular weight excluding hydrogens is 338 g/mol. The number of aryl methyl sites for hydroxylation is 2. The maximum Gasteiger partial charge on any atom is 0.257 e. The van der Waals surface area contributed by atoms with Gasteiger partial charge in [0, 0.05) is 37.6 Å². The van der Waals surface area contributed by atoms with Crippen LogP contribution in [-0.4, -0.2) is 54.7 Å². The highest BCUT2D eigenvalue weighted by Gasteiger charge is 2.35. The average molecular weight is 368 g/mol. The van der Waals surface area contributed by atoms with Crippen molar-refractivity contribution >= 4 is 15.9 Å². The average Bonchev–Trinajstić information content (AvgIpc) is 2.79. The lowest BCUT2D eigenvalue weighted by Gasteiger charge is -2.28. The Labute approximate surface area is 150 Å². The van der Waals surface area contributed by atoms with Crippen LogP contribution in [0.15, 0.2) is 4.90 Å². The fourth-order valence-corrected chi connectivity index (χ4v) is 5.94. The third-order valence-corrected chi connectivity index (χ3v) is 7.41. The van der Waals surface area contributed by atoms with Gasteiger partial charge >= 0.3 is 0 Å². The summed E-state index contributed by atoms with van der Waals surface area (Å²) < 4.78 is 28.2. The molecule has 25 heavy (non-hydrogen) atoms. The molecule has 0 atom stereocenters. The van der Waals surface area contributed by atoms with Gasteiger partial charge in [0.05, 0.1) is 5.56 Å². The van der Waals surface area contributed by atoms with E-state index in [1.807, 2.05) is 0 Å². The molecule has 0 bridgehead atoms. The van der Waals surface area contributed by atoms with Crippen molar-refractivity contribution in [3.63, 3.8) is 0 Å². The predicted octanol–water partition coefficient (Wildman–Crippen LogP) is 2.82. The summed E-state index contributed by atoms with van der Waals surface area (Å²) in [4.78, 5) is 18.2. The van der Waals surface area contributed by atoms with Crippen LogP contribution in [0.5, 0.6) is 0 Å². The molecule has 0 aliphatic carbocycles. The topological polar surface area (TPSA) is 73.5 Å². The van der Waals surface area contributed by atoms with E-state index in [-0.39, 0.29) is 10.8 Å². The van der Waals surface area contributed by atoms with Crippen molar-refractivity contribution in [1.82, 2.24) is 14.2 Å². The monoisotopic (exact) mass is 367 g/mol. The Kier molecular flexibility index (Phi) is 5.53.